The molecular weight excluding hydrogens is 824 g/mol. The van der Waals surface area contributed by atoms with Crippen molar-refractivity contribution in [2.45, 2.75) is 117 Å². The second-order valence-electron chi connectivity index (χ2n) is 13.4. The van der Waals surface area contributed by atoms with Crippen molar-refractivity contribution < 1.29 is 110 Å². The topological polar surface area (TPSA) is 302 Å². The van der Waals surface area contributed by atoms with Crippen LogP contribution in [0.15, 0.2) is 29.7 Å². The molecule has 1 aromatic rings. The van der Waals surface area contributed by atoms with E-state index in [1.807, 2.05) is 0 Å². The Balaban J connectivity index is 1.96. The van der Waals surface area contributed by atoms with E-state index >= 15 is 0 Å². The number of ether oxygens (including phenoxy) is 12. The maximum absolute atomic E-state index is 14.4. The van der Waals surface area contributed by atoms with E-state index in [0.717, 1.165) is 67.5 Å². The van der Waals surface area contributed by atoms with Gasteiger partial charge in [0.15, 0.2) is 24.4 Å². The van der Waals surface area contributed by atoms with Crippen molar-refractivity contribution in [1.82, 2.24) is 0 Å². The van der Waals surface area contributed by atoms with Crippen LogP contribution in [0.3, 0.4) is 0 Å². The summed E-state index contributed by atoms with van der Waals surface area (Å²) in [5, 5.41) is 10.8. The quantitative estimate of drug-likeness (QED) is 0.193. The summed E-state index contributed by atoms with van der Waals surface area (Å²) in [7, 11) is 0. The lowest BCUT2D eigenvalue weighted by molar-refractivity contribution is -0.304. The van der Waals surface area contributed by atoms with Crippen LogP contribution in [0.4, 0.5) is 0 Å². The fraction of sp³-hybridized carbons (Fsp3) is 0.526. The predicted molar refractivity (Wildman–Crippen MR) is 190 cm³/mol. The van der Waals surface area contributed by atoms with Gasteiger partial charge in [-0.05, 0) is 12.1 Å². The summed E-state index contributed by atoms with van der Waals surface area (Å²) in [5.74, 6) is -13.2. The molecule has 3 aliphatic rings. The number of phenols is 1. The van der Waals surface area contributed by atoms with E-state index in [0.29, 0.717) is 0 Å². The molecule has 1 aliphatic carbocycles. The van der Waals surface area contributed by atoms with Crippen LogP contribution in [0.5, 0.6) is 5.75 Å². The molecule has 2 saturated heterocycles. The molecule has 0 bridgehead atoms. The Morgan fingerprint density at radius 1 is 0.492 bits per heavy atom. The van der Waals surface area contributed by atoms with Crippen molar-refractivity contribution in [3.05, 3.63) is 40.8 Å². The normalized spacial score (nSPS) is 27.0. The van der Waals surface area contributed by atoms with Gasteiger partial charge in [-0.25, -0.2) is 0 Å². The van der Waals surface area contributed by atoms with Crippen LogP contribution in [-0.4, -0.2) is 139 Å². The van der Waals surface area contributed by atoms with Crippen LogP contribution in [0.1, 0.15) is 76.1 Å². The number of carbonyl (C=O) groups is 10. The molecule has 61 heavy (non-hydrogen) atoms. The van der Waals surface area contributed by atoms with Crippen LogP contribution >= 0.6 is 0 Å². The molecular formula is C38H42O23. The second-order valence-corrected chi connectivity index (χ2v) is 13.4. The monoisotopic (exact) mass is 866 g/mol. The minimum Gasteiger partial charge on any atom is -0.507 e. The number of esters is 8. The lowest BCUT2D eigenvalue weighted by Gasteiger charge is -2.45. The SMILES string of the molecule is CC(=O)OC[C@@H]1O[C@H](OC2=C(O[C@@H]3O[C@H](COC(C)=O)[C@H](OC(C)=O)[C@H](OC(C)=O)[C@@H]3OC(C)=O)C(=O)c3c(O)cccc3C2=O)[C@@H](OC(C)=O)[C@H](OC(C)=O)[C@H]1OC(C)=O. The zero-order chi connectivity index (χ0) is 45.5. The Kier molecular flexibility index (Phi) is 15.5. The average molecular weight is 867 g/mol. The molecule has 332 valence electrons. The van der Waals surface area contributed by atoms with E-state index in [2.05, 4.69) is 0 Å². The summed E-state index contributed by atoms with van der Waals surface area (Å²) in [6, 6.07) is 3.38. The first-order chi connectivity index (χ1) is 28.6. The predicted octanol–water partition coefficient (Wildman–Crippen LogP) is 0.182. The molecule has 0 spiro atoms. The van der Waals surface area contributed by atoms with Gasteiger partial charge >= 0.3 is 47.8 Å². The van der Waals surface area contributed by atoms with Crippen LogP contribution in [0, 0.1) is 0 Å². The summed E-state index contributed by atoms with van der Waals surface area (Å²) in [6.07, 6.45) is -18.3. The zero-order valence-corrected chi connectivity index (χ0v) is 33.8. The summed E-state index contributed by atoms with van der Waals surface area (Å²) < 4.78 is 66.5. The number of ketones is 2. The third kappa shape index (κ3) is 11.8. The largest absolute Gasteiger partial charge is 0.507 e. The highest BCUT2D eigenvalue weighted by Gasteiger charge is 2.57. The number of rotatable bonds is 14. The fourth-order valence-corrected chi connectivity index (χ4v) is 6.42. The second kappa shape index (κ2) is 20.1. The Morgan fingerprint density at radius 2 is 0.836 bits per heavy atom. The maximum Gasteiger partial charge on any atom is 0.303 e. The zero-order valence-electron chi connectivity index (χ0n) is 33.8. The van der Waals surface area contributed by atoms with E-state index in [1.165, 1.54) is 6.07 Å². The number of phenolic OH excluding ortho intramolecular Hbond substituents is 1. The smallest absolute Gasteiger partial charge is 0.303 e. The van der Waals surface area contributed by atoms with Crippen LogP contribution in [-0.2, 0) is 95.2 Å². The fourth-order valence-electron chi connectivity index (χ4n) is 6.42. The average Bonchev–Trinajstić information content (AvgIpc) is 3.13. The molecule has 1 N–H and O–H groups in total. The van der Waals surface area contributed by atoms with E-state index in [1.54, 1.807) is 0 Å². The van der Waals surface area contributed by atoms with Gasteiger partial charge in [0.25, 0.3) is 0 Å². The Labute approximate surface area is 345 Å². The lowest BCUT2D eigenvalue weighted by Crippen LogP contribution is -2.63. The number of carbonyl (C=O) groups excluding carboxylic acids is 10. The molecule has 23 nitrogen and oxygen atoms in total. The number of allylic oxidation sites excluding steroid dienone is 2. The summed E-state index contributed by atoms with van der Waals surface area (Å²) in [6.45, 7) is 6.36. The molecule has 2 aliphatic heterocycles. The molecule has 2 heterocycles. The van der Waals surface area contributed by atoms with Gasteiger partial charge in [0, 0.05) is 61.0 Å². The molecule has 4 rings (SSSR count). The number of aromatic hydroxyl groups is 1. The minimum atomic E-state index is -2.14. The minimum absolute atomic E-state index is 0.473. The standard InChI is InChI=1S/C38H42O23/c1-14(39)50-12-24-29(52-16(3)41)33(54-18(5)43)35(56-20(7)45)37(58-24)60-31-27(48)22-10-9-11-23(47)26(22)28(49)32(31)61-38-36(57-21(8)46)34(55-19(6)44)30(53-17(4)42)25(59-38)13-51-15(2)40/h9-11,24-25,29-30,33-38,47H,12-13H2,1-8H3/t24-,25+,29-,30-,33+,34-,35-,36-,37+,38-/m0/s1. The molecule has 23 heteroatoms. The molecule has 2 fully saturated rings. The summed E-state index contributed by atoms with van der Waals surface area (Å²) in [4.78, 5) is 127. The van der Waals surface area contributed by atoms with Gasteiger partial charge in [-0.15, -0.1) is 0 Å². The number of hydrogen-bond donors (Lipinski definition) is 1. The van der Waals surface area contributed by atoms with Crippen molar-refractivity contribution in [2.75, 3.05) is 13.2 Å². The Bertz CT molecular complexity index is 1980. The molecule has 10 atom stereocenters. The Morgan fingerprint density at radius 3 is 1.20 bits per heavy atom. The number of Topliss-reactive ketones (excluding diaryl/α,β-unsaturated/α-hetero) is 2. The molecule has 0 unspecified atom stereocenters. The number of fused-ring (bicyclic) bond motifs is 1. The van der Waals surface area contributed by atoms with Crippen LogP contribution < -0.4 is 0 Å². The highest BCUT2D eigenvalue weighted by molar-refractivity contribution is 6.26. The van der Waals surface area contributed by atoms with Crippen molar-refractivity contribution in [2.24, 2.45) is 0 Å². The van der Waals surface area contributed by atoms with E-state index in [-0.39, 0.29) is 0 Å². The van der Waals surface area contributed by atoms with Gasteiger partial charge in [-0.3, -0.25) is 47.9 Å². The number of benzene rings is 1. The van der Waals surface area contributed by atoms with Crippen LogP contribution in [0.2, 0.25) is 0 Å². The Hall–Kier alpha value is -6.62. The molecule has 0 radical (unpaired) electrons. The lowest BCUT2D eigenvalue weighted by atomic mass is 9.91. The molecule has 0 amide bonds. The van der Waals surface area contributed by atoms with Crippen molar-refractivity contribution in [3.8, 4) is 5.75 Å². The van der Waals surface area contributed by atoms with Gasteiger partial charge in [0.1, 0.15) is 31.2 Å². The number of hydrogen-bond acceptors (Lipinski definition) is 23. The van der Waals surface area contributed by atoms with Gasteiger partial charge in [0.05, 0.1) is 5.56 Å². The molecule has 0 aromatic heterocycles. The summed E-state index contributed by atoms with van der Waals surface area (Å²) in [5.41, 5.74) is -1.11. The molecule has 1 aromatic carbocycles. The van der Waals surface area contributed by atoms with Crippen molar-refractivity contribution in [3.63, 3.8) is 0 Å². The van der Waals surface area contributed by atoms with E-state index in [4.69, 9.17) is 56.8 Å². The summed E-state index contributed by atoms with van der Waals surface area (Å²) >= 11 is 0. The maximum atomic E-state index is 14.4. The third-order valence-electron chi connectivity index (χ3n) is 8.50. The highest BCUT2D eigenvalue weighted by atomic mass is 16.8. The van der Waals surface area contributed by atoms with Gasteiger partial charge in [-0.2, -0.15) is 0 Å². The van der Waals surface area contributed by atoms with Crippen molar-refractivity contribution in [1.29, 1.82) is 0 Å². The molecule has 0 saturated carbocycles. The first-order valence-corrected chi connectivity index (χ1v) is 18.2. The van der Waals surface area contributed by atoms with Crippen LogP contribution in [0.25, 0.3) is 0 Å². The first kappa shape index (κ1) is 47.1. The van der Waals surface area contributed by atoms with Gasteiger partial charge < -0.3 is 61.9 Å². The van der Waals surface area contributed by atoms with Gasteiger partial charge in [-0.1, -0.05) is 6.07 Å². The van der Waals surface area contributed by atoms with Crippen molar-refractivity contribution >= 4 is 59.3 Å². The first-order valence-electron chi connectivity index (χ1n) is 18.2. The third-order valence-corrected chi connectivity index (χ3v) is 8.50. The van der Waals surface area contributed by atoms with Gasteiger partial charge in [0.2, 0.25) is 47.9 Å². The van der Waals surface area contributed by atoms with E-state index in [9.17, 15) is 53.1 Å². The highest BCUT2D eigenvalue weighted by Crippen LogP contribution is 2.39. The van der Waals surface area contributed by atoms with E-state index < -0.39 is 162 Å².